The third-order valence-electron chi connectivity index (χ3n) is 2.18. The van der Waals surface area contributed by atoms with Gasteiger partial charge in [-0.2, -0.15) is 5.26 Å². The Morgan fingerprint density at radius 1 is 1.54 bits per heavy atom. The van der Waals surface area contributed by atoms with Gasteiger partial charge in [0.15, 0.2) is 0 Å². The van der Waals surface area contributed by atoms with E-state index in [1.807, 2.05) is 20.8 Å². The van der Waals surface area contributed by atoms with E-state index in [2.05, 4.69) is 6.07 Å². The van der Waals surface area contributed by atoms with Crippen LogP contribution in [0.2, 0.25) is 0 Å². The summed E-state index contributed by atoms with van der Waals surface area (Å²) in [7, 11) is 1.75. The third kappa shape index (κ3) is 3.93. The maximum Gasteiger partial charge on any atom is 0.225 e. The van der Waals surface area contributed by atoms with Gasteiger partial charge in [0, 0.05) is 19.5 Å². The van der Waals surface area contributed by atoms with Crippen LogP contribution in [-0.2, 0) is 4.79 Å². The van der Waals surface area contributed by atoms with Crippen molar-refractivity contribution in [3.63, 3.8) is 0 Å². The fraction of sp³-hybridized carbons (Fsp3) is 0.800. The summed E-state index contributed by atoms with van der Waals surface area (Å²) in [5.74, 6) is 0.110. The molecule has 0 spiro atoms. The van der Waals surface area contributed by atoms with Crippen molar-refractivity contribution in [1.29, 1.82) is 5.26 Å². The molecule has 0 bridgehead atoms. The van der Waals surface area contributed by atoms with E-state index in [4.69, 9.17) is 5.26 Å². The average molecular weight is 182 g/mol. The molecule has 0 aromatic heterocycles. The van der Waals surface area contributed by atoms with E-state index >= 15 is 0 Å². The van der Waals surface area contributed by atoms with E-state index in [-0.39, 0.29) is 17.7 Å². The quantitative estimate of drug-likeness (QED) is 0.663. The lowest BCUT2D eigenvalue weighted by atomic mass is 10.1. The molecule has 0 N–H and O–H groups in total. The highest BCUT2D eigenvalue weighted by Crippen LogP contribution is 2.06. The Morgan fingerprint density at radius 3 is 2.46 bits per heavy atom. The Morgan fingerprint density at radius 2 is 2.08 bits per heavy atom. The molecular formula is C10H18N2O. The molecule has 0 saturated carbocycles. The van der Waals surface area contributed by atoms with Gasteiger partial charge in [0.1, 0.15) is 0 Å². The zero-order valence-electron chi connectivity index (χ0n) is 8.87. The first kappa shape index (κ1) is 12.0. The van der Waals surface area contributed by atoms with Crippen LogP contribution in [0.4, 0.5) is 0 Å². The zero-order chi connectivity index (χ0) is 10.4. The van der Waals surface area contributed by atoms with Crippen LogP contribution >= 0.6 is 0 Å². The maximum absolute atomic E-state index is 11.5. The van der Waals surface area contributed by atoms with Gasteiger partial charge >= 0.3 is 0 Å². The van der Waals surface area contributed by atoms with Crippen LogP contribution in [0.25, 0.3) is 0 Å². The Kier molecular flexibility index (Phi) is 5.13. The molecule has 2 unspecified atom stereocenters. The summed E-state index contributed by atoms with van der Waals surface area (Å²) in [6.07, 6.45) is 0.851. The summed E-state index contributed by atoms with van der Waals surface area (Å²) in [5, 5.41) is 8.57. The molecule has 0 fully saturated rings. The predicted octanol–water partition coefficient (Wildman–Crippen LogP) is 1.65. The van der Waals surface area contributed by atoms with Crippen LogP contribution in [0.3, 0.4) is 0 Å². The molecule has 0 radical (unpaired) electrons. The first-order valence-electron chi connectivity index (χ1n) is 4.67. The van der Waals surface area contributed by atoms with E-state index < -0.39 is 0 Å². The molecule has 74 valence electrons. The van der Waals surface area contributed by atoms with Crippen LogP contribution in [0.15, 0.2) is 0 Å². The number of carbonyl (C=O) groups excluding carboxylic acids is 1. The van der Waals surface area contributed by atoms with E-state index in [0.29, 0.717) is 6.54 Å². The molecule has 0 saturated heterocycles. The fourth-order valence-corrected chi connectivity index (χ4v) is 1.09. The summed E-state index contributed by atoms with van der Waals surface area (Å²) >= 11 is 0. The Labute approximate surface area is 80.3 Å². The third-order valence-corrected chi connectivity index (χ3v) is 2.18. The molecule has 3 nitrogen and oxygen atoms in total. The second-order valence-corrected chi connectivity index (χ2v) is 3.56. The predicted molar refractivity (Wildman–Crippen MR) is 51.9 cm³/mol. The van der Waals surface area contributed by atoms with Gasteiger partial charge in [-0.25, -0.2) is 0 Å². The number of rotatable bonds is 4. The van der Waals surface area contributed by atoms with Crippen molar-refractivity contribution in [3.05, 3.63) is 0 Å². The monoisotopic (exact) mass is 182 g/mol. The molecule has 0 heterocycles. The molecule has 0 aromatic rings. The van der Waals surface area contributed by atoms with Crippen molar-refractivity contribution in [1.82, 2.24) is 4.90 Å². The van der Waals surface area contributed by atoms with Gasteiger partial charge < -0.3 is 4.90 Å². The SMILES string of the molecule is CCC(C)C(=O)N(C)CC(C)C#N. The van der Waals surface area contributed by atoms with Gasteiger partial charge in [-0.05, 0) is 13.3 Å². The molecule has 0 aliphatic carbocycles. The van der Waals surface area contributed by atoms with Crippen molar-refractivity contribution < 1.29 is 4.79 Å². The fourth-order valence-electron chi connectivity index (χ4n) is 1.09. The van der Waals surface area contributed by atoms with Gasteiger partial charge in [-0.3, -0.25) is 4.79 Å². The van der Waals surface area contributed by atoms with Gasteiger partial charge in [-0.1, -0.05) is 13.8 Å². The molecule has 0 aromatic carbocycles. The largest absolute Gasteiger partial charge is 0.344 e. The number of hydrogen-bond acceptors (Lipinski definition) is 2. The number of amides is 1. The Bertz CT molecular complexity index is 207. The van der Waals surface area contributed by atoms with Crippen molar-refractivity contribution in [2.24, 2.45) is 11.8 Å². The summed E-state index contributed by atoms with van der Waals surface area (Å²) < 4.78 is 0. The molecule has 1 amide bonds. The molecule has 2 atom stereocenters. The molecular weight excluding hydrogens is 164 g/mol. The Balaban J connectivity index is 4.05. The topological polar surface area (TPSA) is 44.1 Å². The lowest BCUT2D eigenvalue weighted by molar-refractivity contribution is -0.134. The van der Waals surface area contributed by atoms with Crippen molar-refractivity contribution in [2.45, 2.75) is 27.2 Å². The second kappa shape index (κ2) is 5.58. The standard InChI is InChI=1S/C10H18N2O/c1-5-9(3)10(13)12(4)7-8(2)6-11/h8-9H,5,7H2,1-4H3. The van der Waals surface area contributed by atoms with E-state index in [9.17, 15) is 4.79 Å². The molecule has 0 rings (SSSR count). The number of hydrogen-bond donors (Lipinski definition) is 0. The normalized spacial score (nSPS) is 14.4. The highest BCUT2D eigenvalue weighted by atomic mass is 16.2. The van der Waals surface area contributed by atoms with Gasteiger partial charge in [-0.15, -0.1) is 0 Å². The van der Waals surface area contributed by atoms with E-state index in [0.717, 1.165) is 6.42 Å². The molecule has 0 aliphatic heterocycles. The summed E-state index contributed by atoms with van der Waals surface area (Å²) in [4.78, 5) is 13.2. The first-order chi connectivity index (χ1) is 6.02. The number of carbonyl (C=O) groups is 1. The van der Waals surface area contributed by atoms with E-state index in [1.54, 1.807) is 11.9 Å². The van der Waals surface area contributed by atoms with Gasteiger partial charge in [0.25, 0.3) is 0 Å². The second-order valence-electron chi connectivity index (χ2n) is 3.56. The number of nitriles is 1. The lowest BCUT2D eigenvalue weighted by Crippen LogP contribution is -2.34. The highest BCUT2D eigenvalue weighted by Gasteiger charge is 2.16. The van der Waals surface area contributed by atoms with Crippen molar-refractivity contribution >= 4 is 5.91 Å². The lowest BCUT2D eigenvalue weighted by Gasteiger charge is -2.21. The minimum Gasteiger partial charge on any atom is -0.344 e. The molecule has 3 heteroatoms. The van der Waals surface area contributed by atoms with Gasteiger partial charge in [0.2, 0.25) is 5.91 Å². The van der Waals surface area contributed by atoms with Crippen LogP contribution < -0.4 is 0 Å². The molecule has 13 heavy (non-hydrogen) atoms. The van der Waals surface area contributed by atoms with Crippen LogP contribution in [0.1, 0.15) is 27.2 Å². The van der Waals surface area contributed by atoms with Gasteiger partial charge in [0.05, 0.1) is 12.0 Å². The smallest absolute Gasteiger partial charge is 0.225 e. The number of nitrogens with zero attached hydrogens (tertiary/aromatic N) is 2. The van der Waals surface area contributed by atoms with Crippen molar-refractivity contribution in [3.8, 4) is 6.07 Å². The highest BCUT2D eigenvalue weighted by molar-refractivity contribution is 5.78. The summed E-state index contributed by atoms with van der Waals surface area (Å²) in [5.41, 5.74) is 0. The van der Waals surface area contributed by atoms with Crippen LogP contribution in [-0.4, -0.2) is 24.4 Å². The van der Waals surface area contributed by atoms with E-state index in [1.165, 1.54) is 0 Å². The van der Waals surface area contributed by atoms with Crippen molar-refractivity contribution in [2.75, 3.05) is 13.6 Å². The maximum atomic E-state index is 11.5. The zero-order valence-corrected chi connectivity index (χ0v) is 8.87. The minimum atomic E-state index is -0.0852. The minimum absolute atomic E-state index is 0.0656. The molecule has 0 aliphatic rings. The summed E-state index contributed by atoms with van der Waals surface area (Å²) in [6.45, 7) is 6.25. The average Bonchev–Trinajstić information content (AvgIpc) is 2.14. The first-order valence-corrected chi connectivity index (χ1v) is 4.67. The van der Waals surface area contributed by atoms with Crippen LogP contribution in [0, 0.1) is 23.2 Å². The summed E-state index contributed by atoms with van der Waals surface area (Å²) in [6, 6.07) is 2.11. The van der Waals surface area contributed by atoms with Crippen LogP contribution in [0.5, 0.6) is 0 Å². The Hall–Kier alpha value is -1.04.